The van der Waals surface area contributed by atoms with Gasteiger partial charge in [-0.25, -0.2) is 4.99 Å². The molecule has 0 spiro atoms. The maximum Gasteiger partial charge on any atom is 0.183 e. The summed E-state index contributed by atoms with van der Waals surface area (Å²) in [5, 5.41) is 0. The van der Waals surface area contributed by atoms with E-state index in [2.05, 4.69) is 25.8 Å². The lowest BCUT2D eigenvalue weighted by Crippen LogP contribution is -2.17. The van der Waals surface area contributed by atoms with Crippen LogP contribution in [0.5, 0.6) is 0 Å². The van der Waals surface area contributed by atoms with E-state index in [1.54, 1.807) is 0 Å². The first kappa shape index (κ1) is 9.56. The van der Waals surface area contributed by atoms with Crippen molar-refractivity contribution in [3.05, 3.63) is 0 Å². The summed E-state index contributed by atoms with van der Waals surface area (Å²) in [7, 11) is 0. The largest absolute Gasteiger partial charge is 0.478 e. The minimum absolute atomic E-state index is 0.0293. The smallest absolute Gasteiger partial charge is 0.183 e. The molecule has 0 saturated carbocycles. The number of nitrogens with zero attached hydrogens (tertiary/aromatic N) is 1. The topological polar surface area (TPSA) is 21.6 Å². The average molecular weight is 169 g/mol. The lowest BCUT2D eigenvalue weighted by atomic mass is 10.1. The molecule has 0 radical (unpaired) electrons. The van der Waals surface area contributed by atoms with E-state index in [0.717, 1.165) is 18.9 Å². The van der Waals surface area contributed by atoms with Gasteiger partial charge in [-0.05, 0) is 20.3 Å². The van der Waals surface area contributed by atoms with Crippen LogP contribution in [0.2, 0.25) is 0 Å². The van der Waals surface area contributed by atoms with Gasteiger partial charge in [-0.1, -0.05) is 19.8 Å². The highest BCUT2D eigenvalue weighted by atomic mass is 16.5. The van der Waals surface area contributed by atoms with Crippen LogP contribution in [-0.2, 0) is 4.74 Å². The van der Waals surface area contributed by atoms with Crippen molar-refractivity contribution in [2.75, 3.05) is 6.61 Å². The first-order chi connectivity index (χ1) is 5.64. The van der Waals surface area contributed by atoms with E-state index in [1.807, 2.05) is 0 Å². The van der Waals surface area contributed by atoms with Gasteiger partial charge in [0.05, 0.1) is 5.54 Å². The second-order valence-corrected chi connectivity index (χ2v) is 4.06. The fraction of sp³-hybridized carbons (Fsp3) is 0.900. The molecule has 0 saturated heterocycles. The maximum atomic E-state index is 5.46. The predicted molar refractivity (Wildman–Crippen MR) is 51.6 cm³/mol. The van der Waals surface area contributed by atoms with E-state index in [1.165, 1.54) is 19.3 Å². The van der Waals surface area contributed by atoms with Crippen molar-refractivity contribution in [2.45, 2.75) is 52.0 Å². The fourth-order valence-corrected chi connectivity index (χ4v) is 1.32. The van der Waals surface area contributed by atoms with Gasteiger partial charge in [0, 0.05) is 6.42 Å². The van der Waals surface area contributed by atoms with Crippen molar-refractivity contribution in [3.63, 3.8) is 0 Å². The summed E-state index contributed by atoms with van der Waals surface area (Å²) in [4.78, 5) is 4.49. The standard InChI is InChI=1S/C10H19NO/c1-4-5-6-7-9-11-10(2,3)8-12-9/h4-8H2,1-3H3. The highest BCUT2D eigenvalue weighted by Gasteiger charge is 2.25. The molecule has 1 aliphatic rings. The molecule has 0 atom stereocenters. The Kier molecular flexibility index (Phi) is 3.12. The molecule has 0 unspecified atom stereocenters. The van der Waals surface area contributed by atoms with E-state index >= 15 is 0 Å². The average Bonchev–Trinajstić information content (AvgIpc) is 2.31. The third-order valence-electron chi connectivity index (χ3n) is 2.01. The van der Waals surface area contributed by atoms with Crippen LogP contribution in [-0.4, -0.2) is 18.0 Å². The molecule has 2 heteroatoms. The predicted octanol–water partition coefficient (Wildman–Crippen LogP) is 2.77. The third kappa shape index (κ3) is 2.84. The maximum absolute atomic E-state index is 5.46. The van der Waals surface area contributed by atoms with Crippen molar-refractivity contribution in [1.29, 1.82) is 0 Å². The van der Waals surface area contributed by atoms with Gasteiger partial charge in [0.15, 0.2) is 5.90 Å². The highest BCUT2D eigenvalue weighted by Crippen LogP contribution is 2.19. The van der Waals surface area contributed by atoms with Crippen molar-refractivity contribution in [3.8, 4) is 0 Å². The molecule has 0 fully saturated rings. The van der Waals surface area contributed by atoms with Crippen molar-refractivity contribution >= 4 is 5.90 Å². The normalized spacial score (nSPS) is 20.4. The molecule has 12 heavy (non-hydrogen) atoms. The zero-order valence-corrected chi connectivity index (χ0v) is 8.39. The van der Waals surface area contributed by atoms with Crippen LogP contribution in [0.25, 0.3) is 0 Å². The molecule has 70 valence electrons. The molecule has 1 rings (SSSR count). The second-order valence-electron chi connectivity index (χ2n) is 4.06. The number of aliphatic imine (C=N–C) groups is 1. The molecule has 0 aromatic rings. The molecule has 0 bridgehead atoms. The first-order valence-electron chi connectivity index (χ1n) is 4.85. The molecule has 0 aromatic heterocycles. The number of rotatable bonds is 4. The van der Waals surface area contributed by atoms with Crippen molar-refractivity contribution < 1.29 is 4.74 Å². The summed E-state index contributed by atoms with van der Waals surface area (Å²) in [5.74, 6) is 0.966. The Bertz CT molecular complexity index is 173. The monoisotopic (exact) mass is 169 g/mol. The Morgan fingerprint density at radius 2 is 2.17 bits per heavy atom. The van der Waals surface area contributed by atoms with E-state index in [0.29, 0.717) is 0 Å². The molecule has 1 heterocycles. The van der Waals surface area contributed by atoms with E-state index in [4.69, 9.17) is 4.74 Å². The molecule has 1 aliphatic heterocycles. The molecular formula is C10H19NO. The minimum Gasteiger partial charge on any atom is -0.478 e. The van der Waals surface area contributed by atoms with Crippen molar-refractivity contribution in [2.24, 2.45) is 4.99 Å². The summed E-state index contributed by atoms with van der Waals surface area (Å²) in [6.45, 7) is 7.19. The van der Waals surface area contributed by atoms with Gasteiger partial charge in [0.1, 0.15) is 6.61 Å². The van der Waals surface area contributed by atoms with Gasteiger partial charge >= 0.3 is 0 Å². The van der Waals surface area contributed by atoms with Gasteiger partial charge in [0.2, 0.25) is 0 Å². The molecule has 0 aliphatic carbocycles. The summed E-state index contributed by atoms with van der Waals surface area (Å²) < 4.78 is 5.46. The SMILES string of the molecule is CCCCCC1=NC(C)(C)CO1. The van der Waals surface area contributed by atoms with Crippen LogP contribution in [0.1, 0.15) is 46.5 Å². The Balaban J connectivity index is 2.26. The van der Waals surface area contributed by atoms with Gasteiger partial charge in [0.25, 0.3) is 0 Å². The number of ether oxygens (including phenoxy) is 1. The number of hydrogen-bond acceptors (Lipinski definition) is 2. The van der Waals surface area contributed by atoms with Crippen LogP contribution in [0, 0.1) is 0 Å². The van der Waals surface area contributed by atoms with E-state index in [-0.39, 0.29) is 5.54 Å². The molecule has 0 amide bonds. The van der Waals surface area contributed by atoms with Gasteiger partial charge in [-0.2, -0.15) is 0 Å². The van der Waals surface area contributed by atoms with Crippen LogP contribution in [0.15, 0.2) is 4.99 Å². The zero-order chi connectivity index (χ0) is 9.03. The van der Waals surface area contributed by atoms with Crippen LogP contribution in [0.3, 0.4) is 0 Å². The second kappa shape index (κ2) is 3.92. The molecule has 0 aromatic carbocycles. The first-order valence-corrected chi connectivity index (χ1v) is 4.85. The lowest BCUT2D eigenvalue weighted by Gasteiger charge is -2.07. The summed E-state index contributed by atoms with van der Waals surface area (Å²) in [5.41, 5.74) is 0.0293. The van der Waals surface area contributed by atoms with E-state index in [9.17, 15) is 0 Å². The Morgan fingerprint density at radius 3 is 2.67 bits per heavy atom. The van der Waals surface area contributed by atoms with Gasteiger partial charge in [-0.3, -0.25) is 0 Å². The van der Waals surface area contributed by atoms with Crippen LogP contribution < -0.4 is 0 Å². The van der Waals surface area contributed by atoms with Gasteiger partial charge in [-0.15, -0.1) is 0 Å². The van der Waals surface area contributed by atoms with E-state index < -0.39 is 0 Å². The molecule has 0 N–H and O–H groups in total. The Hall–Kier alpha value is -0.530. The highest BCUT2D eigenvalue weighted by molar-refractivity contribution is 5.78. The number of unbranched alkanes of at least 4 members (excludes halogenated alkanes) is 2. The Morgan fingerprint density at radius 1 is 1.42 bits per heavy atom. The summed E-state index contributed by atoms with van der Waals surface area (Å²) in [6, 6.07) is 0. The quantitative estimate of drug-likeness (QED) is 0.593. The number of hydrogen-bond donors (Lipinski definition) is 0. The Labute approximate surface area is 75.0 Å². The zero-order valence-electron chi connectivity index (χ0n) is 8.39. The minimum atomic E-state index is 0.0293. The van der Waals surface area contributed by atoms with Crippen LogP contribution >= 0.6 is 0 Å². The van der Waals surface area contributed by atoms with Gasteiger partial charge < -0.3 is 4.74 Å². The molecule has 2 nitrogen and oxygen atoms in total. The third-order valence-corrected chi connectivity index (χ3v) is 2.01. The van der Waals surface area contributed by atoms with Crippen LogP contribution in [0.4, 0.5) is 0 Å². The lowest BCUT2D eigenvalue weighted by molar-refractivity contribution is 0.273. The summed E-state index contributed by atoms with van der Waals surface area (Å²) in [6.07, 6.45) is 4.78. The fourth-order valence-electron chi connectivity index (χ4n) is 1.32. The summed E-state index contributed by atoms with van der Waals surface area (Å²) >= 11 is 0. The molecular weight excluding hydrogens is 150 g/mol. The van der Waals surface area contributed by atoms with Crippen molar-refractivity contribution in [1.82, 2.24) is 0 Å².